The van der Waals surface area contributed by atoms with Gasteiger partial charge < -0.3 is 14.8 Å². The van der Waals surface area contributed by atoms with E-state index in [1.54, 1.807) is 20.8 Å². The average molecular weight is 286 g/mol. The molecule has 0 spiro atoms. The molecule has 0 bridgehead atoms. The fraction of sp³-hybridized carbons (Fsp3) is 0.846. The Morgan fingerprint density at radius 3 is 2.60 bits per heavy atom. The van der Waals surface area contributed by atoms with Crippen LogP contribution in [0.1, 0.15) is 33.6 Å². The van der Waals surface area contributed by atoms with Crippen LogP contribution in [0.15, 0.2) is 0 Å². The minimum Gasteiger partial charge on any atom is -0.444 e. The maximum atomic E-state index is 12.2. The molecule has 20 heavy (non-hydrogen) atoms. The molecule has 0 aromatic carbocycles. The molecule has 1 N–H and O–H groups in total. The van der Waals surface area contributed by atoms with Gasteiger partial charge in [-0.3, -0.25) is 9.63 Å². The molecule has 1 atom stereocenters. The molecule has 0 aromatic heterocycles. The van der Waals surface area contributed by atoms with E-state index in [-0.39, 0.29) is 18.6 Å². The van der Waals surface area contributed by atoms with Crippen LogP contribution in [0.25, 0.3) is 0 Å². The van der Waals surface area contributed by atoms with Crippen molar-refractivity contribution in [2.75, 3.05) is 19.8 Å². The van der Waals surface area contributed by atoms with E-state index in [4.69, 9.17) is 14.3 Å². The van der Waals surface area contributed by atoms with Gasteiger partial charge in [-0.2, -0.15) is 0 Å². The maximum Gasteiger partial charge on any atom is 0.408 e. The van der Waals surface area contributed by atoms with E-state index in [1.165, 1.54) is 5.06 Å². The van der Waals surface area contributed by atoms with Crippen LogP contribution in [0.3, 0.4) is 0 Å². The summed E-state index contributed by atoms with van der Waals surface area (Å²) in [5, 5.41) is 3.93. The molecule has 114 valence electrons. The summed E-state index contributed by atoms with van der Waals surface area (Å²) < 4.78 is 10.4. The number of nitrogens with zero attached hydrogens (tertiary/aromatic N) is 1. The third kappa shape index (κ3) is 3.83. The second kappa shape index (κ2) is 5.97. The lowest BCUT2D eigenvalue weighted by atomic mass is 10.1. The molecule has 2 aliphatic rings. The summed E-state index contributed by atoms with van der Waals surface area (Å²) >= 11 is 0. The van der Waals surface area contributed by atoms with E-state index < -0.39 is 17.7 Å². The zero-order chi connectivity index (χ0) is 14.8. The molecular formula is C13H22N2O5. The smallest absolute Gasteiger partial charge is 0.408 e. The minimum absolute atomic E-state index is 0.0293. The molecule has 2 rings (SSSR count). The summed E-state index contributed by atoms with van der Waals surface area (Å²) in [6.45, 7) is 6.72. The summed E-state index contributed by atoms with van der Waals surface area (Å²) in [5.41, 5.74) is -0.590. The van der Waals surface area contributed by atoms with Crippen LogP contribution in [-0.2, 0) is 19.1 Å². The van der Waals surface area contributed by atoms with Gasteiger partial charge in [0.1, 0.15) is 18.2 Å². The Labute approximate surface area is 118 Å². The lowest BCUT2D eigenvalue weighted by Gasteiger charge is -2.29. The number of amides is 2. The van der Waals surface area contributed by atoms with E-state index in [2.05, 4.69) is 5.32 Å². The van der Waals surface area contributed by atoms with Crippen molar-refractivity contribution >= 4 is 12.0 Å². The largest absolute Gasteiger partial charge is 0.444 e. The molecule has 7 nitrogen and oxygen atoms in total. The van der Waals surface area contributed by atoms with Gasteiger partial charge >= 0.3 is 6.09 Å². The molecule has 0 radical (unpaired) electrons. The number of ether oxygens (including phenoxy) is 2. The fourth-order valence-electron chi connectivity index (χ4n) is 2.20. The monoisotopic (exact) mass is 286 g/mol. The molecule has 2 heterocycles. The first kappa shape index (κ1) is 15.1. The lowest BCUT2D eigenvalue weighted by molar-refractivity contribution is -0.181. The highest BCUT2D eigenvalue weighted by Gasteiger charge is 2.39. The average Bonchev–Trinajstić information content (AvgIpc) is 2.70. The molecule has 7 heteroatoms. The van der Waals surface area contributed by atoms with Gasteiger partial charge in [0.05, 0.1) is 6.04 Å². The van der Waals surface area contributed by atoms with Crippen molar-refractivity contribution < 1.29 is 23.9 Å². The highest BCUT2D eigenvalue weighted by molar-refractivity contribution is 5.86. The molecule has 2 saturated heterocycles. The molecule has 2 amide bonds. The predicted octanol–water partition coefficient (Wildman–Crippen LogP) is 0.832. The van der Waals surface area contributed by atoms with E-state index in [9.17, 15) is 9.59 Å². The standard InChI is InChI=1S/C13H22N2O5/c1-13(2,3)20-12(17)14-10-8-19-15(11(10)16)9-4-6-18-7-5-9/h9-10H,4-8H2,1-3H3,(H,14,17)/t10-/m1/s1. The van der Waals surface area contributed by atoms with Gasteiger partial charge in [0.15, 0.2) is 0 Å². The second-order valence-electron chi connectivity index (χ2n) is 6.00. The number of hydrogen-bond donors (Lipinski definition) is 1. The van der Waals surface area contributed by atoms with Gasteiger partial charge in [-0.15, -0.1) is 0 Å². The predicted molar refractivity (Wildman–Crippen MR) is 69.8 cm³/mol. The number of hydroxylamine groups is 2. The van der Waals surface area contributed by atoms with Crippen molar-refractivity contribution in [3.8, 4) is 0 Å². The quantitative estimate of drug-likeness (QED) is 0.813. The first-order valence-corrected chi connectivity index (χ1v) is 6.90. The van der Waals surface area contributed by atoms with E-state index in [0.717, 1.165) is 12.8 Å². The van der Waals surface area contributed by atoms with E-state index in [0.29, 0.717) is 13.2 Å². The normalized spacial score (nSPS) is 24.9. The van der Waals surface area contributed by atoms with Crippen LogP contribution in [0, 0.1) is 0 Å². The van der Waals surface area contributed by atoms with Crippen molar-refractivity contribution in [2.24, 2.45) is 0 Å². The van der Waals surface area contributed by atoms with Crippen molar-refractivity contribution in [1.29, 1.82) is 0 Å². The zero-order valence-electron chi connectivity index (χ0n) is 12.2. The Balaban J connectivity index is 1.86. The number of carbonyl (C=O) groups excluding carboxylic acids is 2. The lowest BCUT2D eigenvalue weighted by Crippen LogP contribution is -2.47. The number of carbonyl (C=O) groups is 2. The molecule has 0 aliphatic carbocycles. The maximum absolute atomic E-state index is 12.2. The molecule has 0 aromatic rings. The topological polar surface area (TPSA) is 77.1 Å². The van der Waals surface area contributed by atoms with Crippen molar-refractivity contribution in [1.82, 2.24) is 10.4 Å². The number of hydrogen-bond acceptors (Lipinski definition) is 5. The fourth-order valence-corrected chi connectivity index (χ4v) is 2.20. The minimum atomic E-state index is -0.673. The van der Waals surface area contributed by atoms with Gasteiger partial charge in [0.25, 0.3) is 5.91 Å². The molecular weight excluding hydrogens is 264 g/mol. The Morgan fingerprint density at radius 2 is 2.00 bits per heavy atom. The number of rotatable bonds is 2. The van der Waals surface area contributed by atoms with Crippen molar-refractivity contribution in [2.45, 2.75) is 51.3 Å². The molecule has 0 unspecified atom stereocenters. The third-order valence-electron chi connectivity index (χ3n) is 3.11. The van der Waals surface area contributed by atoms with Crippen molar-refractivity contribution in [3.63, 3.8) is 0 Å². The summed E-state index contributed by atoms with van der Waals surface area (Å²) in [6.07, 6.45) is 0.906. The van der Waals surface area contributed by atoms with Gasteiger partial charge in [0.2, 0.25) is 0 Å². The van der Waals surface area contributed by atoms with Crippen LogP contribution in [0.4, 0.5) is 4.79 Å². The Bertz CT molecular complexity index is 373. The van der Waals surface area contributed by atoms with Gasteiger partial charge in [0, 0.05) is 13.2 Å². The Morgan fingerprint density at radius 1 is 1.35 bits per heavy atom. The third-order valence-corrected chi connectivity index (χ3v) is 3.11. The zero-order valence-corrected chi connectivity index (χ0v) is 12.2. The first-order chi connectivity index (χ1) is 9.37. The summed E-state index contributed by atoms with van der Waals surface area (Å²) in [7, 11) is 0. The van der Waals surface area contributed by atoms with Gasteiger partial charge in [-0.1, -0.05) is 0 Å². The van der Waals surface area contributed by atoms with E-state index in [1.807, 2.05) is 0 Å². The highest BCUT2D eigenvalue weighted by atomic mass is 16.7. The van der Waals surface area contributed by atoms with Crippen LogP contribution in [-0.4, -0.2) is 54.6 Å². The number of alkyl carbamates (subject to hydrolysis) is 1. The Kier molecular flexibility index (Phi) is 4.49. The van der Waals surface area contributed by atoms with Crippen molar-refractivity contribution in [3.05, 3.63) is 0 Å². The molecule has 2 aliphatic heterocycles. The van der Waals surface area contributed by atoms with Crippen LogP contribution < -0.4 is 5.32 Å². The summed E-state index contributed by atoms with van der Waals surface area (Å²) in [5.74, 6) is -0.220. The van der Waals surface area contributed by atoms with Crippen LogP contribution in [0.2, 0.25) is 0 Å². The van der Waals surface area contributed by atoms with Crippen LogP contribution in [0.5, 0.6) is 0 Å². The first-order valence-electron chi connectivity index (χ1n) is 6.90. The second-order valence-corrected chi connectivity index (χ2v) is 6.00. The van der Waals surface area contributed by atoms with Crippen LogP contribution >= 0.6 is 0 Å². The van der Waals surface area contributed by atoms with E-state index >= 15 is 0 Å². The molecule has 0 saturated carbocycles. The van der Waals surface area contributed by atoms with Gasteiger partial charge in [-0.25, -0.2) is 9.86 Å². The SMILES string of the molecule is CC(C)(C)OC(=O)N[C@@H]1CON(C2CCOCC2)C1=O. The molecule has 2 fully saturated rings. The highest BCUT2D eigenvalue weighted by Crippen LogP contribution is 2.20. The summed E-state index contributed by atoms with van der Waals surface area (Å²) in [6, 6.07) is -0.644. The number of nitrogens with one attached hydrogen (secondary N) is 1. The Hall–Kier alpha value is -1.34. The van der Waals surface area contributed by atoms with Gasteiger partial charge in [-0.05, 0) is 33.6 Å². The summed E-state index contributed by atoms with van der Waals surface area (Å²) in [4.78, 5) is 29.3.